The van der Waals surface area contributed by atoms with Crippen molar-refractivity contribution in [1.82, 2.24) is 9.97 Å². The molecule has 1 heterocycles. The number of halogens is 1. The third kappa shape index (κ3) is 5.46. The number of carbonyl (C=O) groups is 1. The molecular formula is C30H24ClN3O2. The lowest BCUT2D eigenvalue weighted by Crippen LogP contribution is -2.07. The maximum atomic E-state index is 11.4. The van der Waals surface area contributed by atoms with Gasteiger partial charge in [-0.1, -0.05) is 72.3 Å². The van der Waals surface area contributed by atoms with Crippen molar-refractivity contribution < 1.29 is 9.90 Å². The van der Waals surface area contributed by atoms with Crippen molar-refractivity contribution in [1.29, 1.82) is 5.26 Å². The lowest BCUT2D eigenvalue weighted by Gasteiger charge is -2.16. The molecule has 0 aliphatic carbocycles. The SMILES string of the molecule is C=C/C(=C\C=C(/C)[C@H](Cc1ccccc1)c1nc2cc(C(=O)O)ccc2[nH]1)c1cc(Cl)ccc1C#N. The molecule has 36 heavy (non-hydrogen) atoms. The molecule has 4 aromatic rings. The largest absolute Gasteiger partial charge is 0.478 e. The molecule has 0 spiro atoms. The van der Waals surface area contributed by atoms with Gasteiger partial charge in [-0.3, -0.25) is 0 Å². The molecule has 6 heteroatoms. The van der Waals surface area contributed by atoms with E-state index in [1.54, 1.807) is 42.5 Å². The molecule has 4 rings (SSSR count). The average molecular weight is 494 g/mol. The fraction of sp³-hybridized carbons (Fsp3) is 0.100. The number of nitriles is 1. The van der Waals surface area contributed by atoms with Gasteiger partial charge in [0.25, 0.3) is 0 Å². The molecule has 0 saturated heterocycles. The monoisotopic (exact) mass is 493 g/mol. The third-order valence-corrected chi connectivity index (χ3v) is 6.30. The molecule has 0 fully saturated rings. The van der Waals surface area contributed by atoms with Crippen LogP contribution in [-0.4, -0.2) is 21.0 Å². The topological polar surface area (TPSA) is 89.8 Å². The second kappa shape index (κ2) is 10.9. The van der Waals surface area contributed by atoms with Crippen LogP contribution in [-0.2, 0) is 6.42 Å². The number of nitrogens with one attached hydrogen (secondary N) is 1. The highest BCUT2D eigenvalue weighted by Crippen LogP contribution is 2.30. The second-order valence-corrected chi connectivity index (χ2v) is 8.88. The summed E-state index contributed by atoms with van der Waals surface area (Å²) in [6.07, 6.45) is 6.34. The number of fused-ring (bicyclic) bond motifs is 1. The van der Waals surface area contributed by atoms with Crippen molar-refractivity contribution >= 4 is 34.2 Å². The summed E-state index contributed by atoms with van der Waals surface area (Å²) < 4.78 is 0. The molecule has 1 aromatic heterocycles. The Morgan fingerprint density at radius 3 is 2.64 bits per heavy atom. The maximum Gasteiger partial charge on any atom is 0.335 e. The summed E-state index contributed by atoms with van der Waals surface area (Å²) in [5.74, 6) is -0.331. The Bertz CT molecular complexity index is 1540. The number of imidazole rings is 1. The van der Waals surface area contributed by atoms with Crippen LogP contribution in [0.5, 0.6) is 0 Å². The van der Waals surface area contributed by atoms with E-state index in [2.05, 4.69) is 29.8 Å². The summed E-state index contributed by atoms with van der Waals surface area (Å²) >= 11 is 6.19. The molecule has 3 aromatic carbocycles. The van der Waals surface area contributed by atoms with E-state index in [4.69, 9.17) is 16.6 Å². The van der Waals surface area contributed by atoms with Crippen LogP contribution >= 0.6 is 11.6 Å². The van der Waals surface area contributed by atoms with Gasteiger partial charge in [-0.15, -0.1) is 0 Å². The Morgan fingerprint density at radius 1 is 1.17 bits per heavy atom. The first-order valence-corrected chi connectivity index (χ1v) is 11.7. The molecule has 0 saturated carbocycles. The first-order valence-electron chi connectivity index (χ1n) is 11.4. The van der Waals surface area contributed by atoms with Gasteiger partial charge in [-0.25, -0.2) is 9.78 Å². The Balaban J connectivity index is 1.77. The van der Waals surface area contributed by atoms with Crippen molar-refractivity contribution in [2.45, 2.75) is 19.3 Å². The molecule has 0 aliphatic rings. The van der Waals surface area contributed by atoms with E-state index in [1.807, 2.05) is 37.3 Å². The molecule has 0 aliphatic heterocycles. The van der Waals surface area contributed by atoms with Crippen molar-refractivity contribution in [3.63, 3.8) is 0 Å². The highest BCUT2D eigenvalue weighted by molar-refractivity contribution is 6.30. The number of aromatic amines is 1. The molecule has 0 bridgehead atoms. The van der Waals surface area contributed by atoms with Crippen LogP contribution in [0.3, 0.4) is 0 Å². The molecular weight excluding hydrogens is 470 g/mol. The number of rotatable bonds is 8. The van der Waals surface area contributed by atoms with E-state index in [-0.39, 0.29) is 11.5 Å². The number of aromatic nitrogens is 2. The van der Waals surface area contributed by atoms with Gasteiger partial charge in [0.1, 0.15) is 5.82 Å². The fourth-order valence-electron chi connectivity index (χ4n) is 4.10. The second-order valence-electron chi connectivity index (χ2n) is 8.44. The zero-order chi connectivity index (χ0) is 25.7. The van der Waals surface area contributed by atoms with Gasteiger partial charge >= 0.3 is 5.97 Å². The van der Waals surface area contributed by atoms with E-state index in [1.165, 1.54) is 0 Å². The number of hydrogen-bond donors (Lipinski definition) is 2. The molecule has 178 valence electrons. The van der Waals surface area contributed by atoms with E-state index in [0.717, 1.165) is 28.1 Å². The molecule has 0 radical (unpaired) electrons. The standard InChI is InChI=1S/C30H24ClN3O2/c1-3-21(26-17-24(31)13-11-23(26)18-32)10-9-19(2)25(15-20-7-5-4-6-8-20)29-33-27-14-12-22(30(35)36)16-28(27)34-29/h3-14,16-17,25H,1,15H2,2H3,(H,33,34)(H,35,36)/b19-9+,21-10+/t25-/m0/s1. The zero-order valence-corrected chi connectivity index (χ0v) is 20.5. The molecule has 2 N–H and O–H groups in total. The normalized spacial score (nSPS) is 12.8. The number of aromatic carboxylic acids is 1. The molecule has 0 unspecified atom stereocenters. The highest BCUT2D eigenvalue weighted by Gasteiger charge is 2.19. The number of carboxylic acids is 1. The van der Waals surface area contributed by atoms with Crippen LogP contribution in [0.25, 0.3) is 16.6 Å². The number of benzene rings is 3. The van der Waals surface area contributed by atoms with Crippen molar-refractivity contribution in [3.05, 3.63) is 130 Å². The first-order chi connectivity index (χ1) is 17.4. The lowest BCUT2D eigenvalue weighted by atomic mass is 9.91. The van der Waals surface area contributed by atoms with Crippen LogP contribution in [0.1, 0.15) is 45.7 Å². The minimum atomic E-state index is -0.988. The Morgan fingerprint density at radius 2 is 1.94 bits per heavy atom. The van der Waals surface area contributed by atoms with Gasteiger partial charge in [-0.2, -0.15) is 5.26 Å². The van der Waals surface area contributed by atoms with Crippen LogP contribution in [0.4, 0.5) is 0 Å². The van der Waals surface area contributed by atoms with Crippen LogP contribution in [0.2, 0.25) is 5.02 Å². The number of nitrogens with zero attached hydrogens (tertiary/aromatic N) is 2. The van der Waals surface area contributed by atoms with Gasteiger partial charge < -0.3 is 10.1 Å². The van der Waals surface area contributed by atoms with Gasteiger partial charge in [0, 0.05) is 16.5 Å². The van der Waals surface area contributed by atoms with Gasteiger partial charge in [-0.05, 0) is 60.9 Å². The Hall–Kier alpha value is -4.40. The quantitative estimate of drug-likeness (QED) is 0.251. The number of carboxylic acid groups (broad SMARTS) is 1. The number of H-pyrrole nitrogens is 1. The summed E-state index contributed by atoms with van der Waals surface area (Å²) in [5, 5.41) is 19.4. The third-order valence-electron chi connectivity index (χ3n) is 6.07. The zero-order valence-electron chi connectivity index (χ0n) is 19.7. The van der Waals surface area contributed by atoms with Crippen molar-refractivity contribution in [3.8, 4) is 6.07 Å². The van der Waals surface area contributed by atoms with Gasteiger partial charge in [0.05, 0.1) is 28.2 Å². The lowest BCUT2D eigenvalue weighted by molar-refractivity contribution is 0.0697. The molecule has 1 atom stereocenters. The first kappa shape index (κ1) is 24.7. The predicted molar refractivity (Wildman–Crippen MR) is 144 cm³/mol. The number of allylic oxidation sites excluding steroid dienone is 5. The minimum absolute atomic E-state index is 0.0924. The maximum absolute atomic E-state index is 11.4. The molecule has 5 nitrogen and oxygen atoms in total. The van der Waals surface area contributed by atoms with E-state index >= 15 is 0 Å². The summed E-state index contributed by atoms with van der Waals surface area (Å²) in [5.41, 5.74) is 5.78. The van der Waals surface area contributed by atoms with Crippen LogP contribution in [0, 0.1) is 11.3 Å². The highest BCUT2D eigenvalue weighted by atomic mass is 35.5. The minimum Gasteiger partial charge on any atom is -0.478 e. The smallest absolute Gasteiger partial charge is 0.335 e. The predicted octanol–water partition coefficient (Wildman–Crippen LogP) is 7.33. The fourth-order valence-corrected chi connectivity index (χ4v) is 4.28. The van der Waals surface area contributed by atoms with Crippen molar-refractivity contribution in [2.24, 2.45) is 0 Å². The summed E-state index contributed by atoms with van der Waals surface area (Å²) in [6.45, 7) is 5.96. The van der Waals surface area contributed by atoms with E-state index < -0.39 is 5.97 Å². The average Bonchev–Trinajstić information content (AvgIpc) is 3.31. The van der Waals surface area contributed by atoms with Crippen molar-refractivity contribution in [2.75, 3.05) is 0 Å². The van der Waals surface area contributed by atoms with Gasteiger partial charge in [0.15, 0.2) is 0 Å². The van der Waals surface area contributed by atoms with E-state index in [0.29, 0.717) is 28.1 Å². The van der Waals surface area contributed by atoms with E-state index in [9.17, 15) is 15.2 Å². The molecule has 0 amide bonds. The van der Waals surface area contributed by atoms with Crippen LogP contribution in [0.15, 0.2) is 97.1 Å². The van der Waals surface area contributed by atoms with Gasteiger partial charge in [0.2, 0.25) is 0 Å². The summed E-state index contributed by atoms with van der Waals surface area (Å²) in [4.78, 5) is 19.5. The van der Waals surface area contributed by atoms with Crippen LogP contribution < -0.4 is 0 Å². The number of hydrogen-bond acceptors (Lipinski definition) is 3. The Kier molecular flexibility index (Phi) is 7.48. The Labute approximate surface area is 214 Å². The summed E-state index contributed by atoms with van der Waals surface area (Å²) in [6, 6.07) is 22.4. The summed E-state index contributed by atoms with van der Waals surface area (Å²) in [7, 11) is 0.